The minimum Gasteiger partial charge on any atom is -0.338 e. The lowest BCUT2D eigenvalue weighted by Crippen LogP contribution is -2.35. The summed E-state index contributed by atoms with van der Waals surface area (Å²) in [5.41, 5.74) is 3.32. The molecule has 1 unspecified atom stereocenters. The maximum atomic E-state index is 14.5. The van der Waals surface area contributed by atoms with E-state index < -0.39 is 5.82 Å². The van der Waals surface area contributed by atoms with Crippen LogP contribution in [0.1, 0.15) is 63.8 Å². The molecule has 6 rings (SSSR count). The molecule has 2 saturated heterocycles. The lowest BCUT2D eigenvalue weighted by atomic mass is 9.90. The number of carbonyl (C=O) groups is 1. The Labute approximate surface area is 236 Å². The SMILES string of the molecule is N#Cc1ccc(CN2CCC(c3c(C(=O)N4CCC(c5ccccc5)C4)cnn3-c3ncc(F)cn3)CC2)c(F)c1. The summed E-state index contributed by atoms with van der Waals surface area (Å²) in [6, 6.07) is 16.8. The van der Waals surface area contributed by atoms with Crippen LogP contribution < -0.4 is 0 Å². The number of likely N-dealkylation sites (tertiary alicyclic amines) is 2. The number of nitriles is 1. The minimum absolute atomic E-state index is 0.0142. The molecule has 2 fully saturated rings. The van der Waals surface area contributed by atoms with Crippen molar-refractivity contribution in [3.8, 4) is 12.0 Å². The largest absolute Gasteiger partial charge is 0.338 e. The van der Waals surface area contributed by atoms with Gasteiger partial charge in [-0.05, 0) is 50.0 Å². The van der Waals surface area contributed by atoms with Gasteiger partial charge in [-0.1, -0.05) is 36.4 Å². The van der Waals surface area contributed by atoms with E-state index in [1.54, 1.807) is 23.0 Å². The van der Waals surface area contributed by atoms with Gasteiger partial charge in [0.15, 0.2) is 5.82 Å². The highest BCUT2D eigenvalue weighted by Crippen LogP contribution is 2.34. The van der Waals surface area contributed by atoms with Crippen LogP contribution in [0.2, 0.25) is 0 Å². The van der Waals surface area contributed by atoms with E-state index in [0.29, 0.717) is 49.4 Å². The fraction of sp³-hybridized carbons (Fsp3) is 0.323. The van der Waals surface area contributed by atoms with Crippen molar-refractivity contribution < 1.29 is 13.6 Å². The Bertz CT molecular complexity index is 1570. The molecule has 1 amide bonds. The lowest BCUT2D eigenvalue weighted by Gasteiger charge is -2.32. The molecule has 1 atom stereocenters. The van der Waals surface area contributed by atoms with Gasteiger partial charge in [-0.2, -0.15) is 10.4 Å². The number of carbonyl (C=O) groups excluding carboxylic acids is 1. The van der Waals surface area contributed by atoms with E-state index in [1.807, 2.05) is 29.2 Å². The number of nitrogens with zero attached hydrogens (tertiary/aromatic N) is 7. The molecule has 4 aromatic rings. The molecule has 0 N–H and O–H groups in total. The van der Waals surface area contributed by atoms with Crippen LogP contribution in [0.3, 0.4) is 0 Å². The lowest BCUT2D eigenvalue weighted by molar-refractivity contribution is 0.0788. The van der Waals surface area contributed by atoms with Crippen LogP contribution >= 0.6 is 0 Å². The van der Waals surface area contributed by atoms with E-state index in [0.717, 1.165) is 37.4 Å². The third kappa shape index (κ3) is 5.58. The monoisotopic (exact) mass is 553 g/mol. The van der Waals surface area contributed by atoms with Crippen LogP contribution in [0, 0.1) is 23.0 Å². The zero-order chi connectivity index (χ0) is 28.3. The van der Waals surface area contributed by atoms with Crippen molar-refractivity contribution in [3.63, 3.8) is 0 Å². The number of piperidine rings is 1. The Morgan fingerprint density at radius 1 is 0.951 bits per heavy atom. The summed E-state index contributed by atoms with van der Waals surface area (Å²) in [5.74, 6) is -0.527. The zero-order valence-corrected chi connectivity index (χ0v) is 22.5. The van der Waals surface area contributed by atoms with Gasteiger partial charge in [-0.25, -0.2) is 23.4 Å². The second-order valence-corrected chi connectivity index (χ2v) is 10.7. The summed E-state index contributed by atoms with van der Waals surface area (Å²) in [6.07, 6.45) is 6.10. The number of hydrogen-bond donors (Lipinski definition) is 0. The first-order valence-corrected chi connectivity index (χ1v) is 13.8. The quantitative estimate of drug-likeness (QED) is 0.340. The molecule has 0 spiro atoms. The molecule has 2 aromatic carbocycles. The number of benzene rings is 2. The van der Waals surface area contributed by atoms with Crippen molar-refractivity contribution in [2.45, 2.75) is 37.6 Å². The van der Waals surface area contributed by atoms with Gasteiger partial charge in [0, 0.05) is 37.0 Å². The van der Waals surface area contributed by atoms with E-state index in [4.69, 9.17) is 5.26 Å². The fourth-order valence-corrected chi connectivity index (χ4v) is 5.95. The summed E-state index contributed by atoms with van der Waals surface area (Å²) in [6.45, 7) is 3.10. The molecule has 8 nitrogen and oxygen atoms in total. The van der Waals surface area contributed by atoms with Gasteiger partial charge < -0.3 is 4.90 Å². The maximum Gasteiger partial charge on any atom is 0.257 e. The Kier molecular flexibility index (Phi) is 7.53. The number of amides is 1. The topological polar surface area (TPSA) is 90.9 Å². The summed E-state index contributed by atoms with van der Waals surface area (Å²) in [4.78, 5) is 26.2. The van der Waals surface area contributed by atoms with Gasteiger partial charge in [0.1, 0.15) is 5.82 Å². The van der Waals surface area contributed by atoms with Crippen molar-refractivity contribution in [1.82, 2.24) is 29.5 Å². The van der Waals surface area contributed by atoms with Crippen LogP contribution in [0.5, 0.6) is 0 Å². The van der Waals surface area contributed by atoms with Gasteiger partial charge in [0.2, 0.25) is 0 Å². The molecular formula is C31H29F2N7O. The molecule has 41 heavy (non-hydrogen) atoms. The molecule has 2 aromatic heterocycles. The molecule has 10 heteroatoms. The molecule has 2 aliphatic rings. The molecule has 4 heterocycles. The number of hydrogen-bond acceptors (Lipinski definition) is 6. The normalized spacial score (nSPS) is 18.0. The fourth-order valence-electron chi connectivity index (χ4n) is 5.95. The van der Waals surface area contributed by atoms with Crippen molar-refractivity contribution in [2.24, 2.45) is 0 Å². The molecule has 0 saturated carbocycles. The van der Waals surface area contributed by atoms with Crippen LogP contribution in [0.4, 0.5) is 8.78 Å². The highest BCUT2D eigenvalue weighted by molar-refractivity contribution is 5.95. The molecular weight excluding hydrogens is 524 g/mol. The Hall–Kier alpha value is -4.49. The first-order chi connectivity index (χ1) is 20.0. The number of halogens is 2. The third-order valence-electron chi connectivity index (χ3n) is 8.13. The van der Waals surface area contributed by atoms with E-state index in [-0.39, 0.29) is 29.5 Å². The Balaban J connectivity index is 1.23. The molecule has 0 radical (unpaired) electrons. The van der Waals surface area contributed by atoms with Gasteiger partial charge in [-0.3, -0.25) is 9.69 Å². The first-order valence-electron chi connectivity index (χ1n) is 13.8. The standard InChI is InChI=1S/C31H29F2N7O/c32-26-16-35-31(36-17-26)40-29(23-8-11-38(12-9-23)19-25-7-6-21(15-34)14-28(25)33)27(18-37-40)30(41)39-13-10-24(20-39)22-4-2-1-3-5-22/h1-7,14,16-18,23-24H,8-13,19-20H2. The predicted molar refractivity (Wildman–Crippen MR) is 147 cm³/mol. The Morgan fingerprint density at radius 2 is 1.68 bits per heavy atom. The van der Waals surface area contributed by atoms with Crippen LogP contribution in [-0.2, 0) is 6.54 Å². The molecule has 0 bridgehead atoms. The maximum absolute atomic E-state index is 14.5. The second kappa shape index (κ2) is 11.6. The molecule has 208 valence electrons. The zero-order valence-electron chi connectivity index (χ0n) is 22.5. The van der Waals surface area contributed by atoms with Crippen LogP contribution in [0.15, 0.2) is 67.1 Å². The first kappa shape index (κ1) is 26.7. The smallest absolute Gasteiger partial charge is 0.257 e. The highest BCUT2D eigenvalue weighted by Gasteiger charge is 2.34. The molecule has 0 aliphatic carbocycles. The van der Waals surface area contributed by atoms with Crippen molar-refractivity contribution >= 4 is 5.91 Å². The average molecular weight is 554 g/mol. The van der Waals surface area contributed by atoms with Crippen LogP contribution in [0.25, 0.3) is 5.95 Å². The minimum atomic E-state index is -0.550. The van der Waals surface area contributed by atoms with Gasteiger partial charge >= 0.3 is 0 Å². The van der Waals surface area contributed by atoms with E-state index in [1.165, 1.54) is 11.6 Å². The van der Waals surface area contributed by atoms with Crippen molar-refractivity contribution in [2.75, 3.05) is 26.2 Å². The third-order valence-corrected chi connectivity index (χ3v) is 8.13. The summed E-state index contributed by atoms with van der Waals surface area (Å²) < 4.78 is 29.7. The van der Waals surface area contributed by atoms with Crippen molar-refractivity contribution in [3.05, 3.63) is 107 Å². The number of rotatable bonds is 6. The number of aromatic nitrogens is 4. The second-order valence-electron chi connectivity index (χ2n) is 10.7. The van der Waals surface area contributed by atoms with E-state index in [9.17, 15) is 13.6 Å². The summed E-state index contributed by atoms with van der Waals surface area (Å²) >= 11 is 0. The summed E-state index contributed by atoms with van der Waals surface area (Å²) in [7, 11) is 0. The average Bonchev–Trinajstić information content (AvgIpc) is 3.68. The highest BCUT2D eigenvalue weighted by atomic mass is 19.1. The van der Waals surface area contributed by atoms with Gasteiger partial charge in [0.25, 0.3) is 11.9 Å². The predicted octanol–water partition coefficient (Wildman–Crippen LogP) is 4.82. The van der Waals surface area contributed by atoms with Crippen molar-refractivity contribution in [1.29, 1.82) is 5.26 Å². The van der Waals surface area contributed by atoms with Gasteiger partial charge in [0.05, 0.1) is 41.5 Å². The van der Waals surface area contributed by atoms with Crippen LogP contribution in [-0.4, -0.2) is 61.6 Å². The Morgan fingerprint density at radius 3 is 2.39 bits per heavy atom. The van der Waals surface area contributed by atoms with E-state index >= 15 is 0 Å². The van der Waals surface area contributed by atoms with E-state index in [2.05, 4.69) is 32.1 Å². The van der Waals surface area contributed by atoms with Gasteiger partial charge in [-0.15, -0.1) is 0 Å². The summed E-state index contributed by atoms with van der Waals surface area (Å²) in [5, 5.41) is 13.5. The molecule has 2 aliphatic heterocycles.